The fourth-order valence-electron chi connectivity index (χ4n) is 2.09. The van der Waals surface area contributed by atoms with Crippen LogP contribution < -0.4 is 5.32 Å². The minimum atomic E-state index is -0.117. The van der Waals surface area contributed by atoms with Gasteiger partial charge in [0.15, 0.2) is 0 Å². The molecule has 0 bridgehead atoms. The third-order valence-corrected chi connectivity index (χ3v) is 3.88. The van der Waals surface area contributed by atoms with Crippen LogP contribution >= 0.6 is 15.9 Å². The molecule has 2 aromatic carbocycles. The van der Waals surface area contributed by atoms with Gasteiger partial charge < -0.3 is 5.32 Å². The molecular formula is C17H17BrN2. The molecule has 0 aliphatic rings. The molecule has 0 heterocycles. The van der Waals surface area contributed by atoms with E-state index in [1.165, 1.54) is 5.56 Å². The van der Waals surface area contributed by atoms with E-state index in [0.29, 0.717) is 6.54 Å². The van der Waals surface area contributed by atoms with Crippen LogP contribution in [0, 0.1) is 11.3 Å². The fraction of sp³-hybridized carbons (Fsp3) is 0.235. The molecule has 2 aromatic rings. The number of benzene rings is 2. The first-order chi connectivity index (χ1) is 9.70. The molecule has 20 heavy (non-hydrogen) atoms. The molecule has 0 radical (unpaired) electrons. The average molecular weight is 329 g/mol. The Morgan fingerprint density at radius 2 is 1.70 bits per heavy atom. The van der Waals surface area contributed by atoms with Crippen molar-refractivity contribution in [2.24, 2.45) is 0 Å². The molecule has 2 atom stereocenters. The lowest BCUT2D eigenvalue weighted by molar-refractivity contribution is 0.558. The molecule has 2 nitrogen and oxygen atoms in total. The molecule has 0 aliphatic carbocycles. The van der Waals surface area contributed by atoms with E-state index in [9.17, 15) is 5.26 Å². The maximum absolute atomic E-state index is 9.30. The SMILES string of the molecule is C[C@@H](NCC(C#N)c1ccccc1)c1ccc(Br)cc1. The van der Waals surface area contributed by atoms with Crippen LogP contribution in [0.5, 0.6) is 0 Å². The summed E-state index contributed by atoms with van der Waals surface area (Å²) in [5.74, 6) is -0.117. The number of nitrogens with zero attached hydrogens (tertiary/aromatic N) is 1. The average Bonchev–Trinajstić information content (AvgIpc) is 2.49. The number of nitrogens with one attached hydrogen (secondary N) is 1. The Morgan fingerprint density at radius 3 is 2.30 bits per heavy atom. The largest absolute Gasteiger partial charge is 0.309 e. The zero-order valence-electron chi connectivity index (χ0n) is 11.4. The van der Waals surface area contributed by atoms with E-state index in [1.54, 1.807) is 0 Å². The molecule has 102 valence electrons. The van der Waals surface area contributed by atoms with Crippen LogP contribution in [-0.4, -0.2) is 6.54 Å². The molecule has 2 rings (SSSR count). The van der Waals surface area contributed by atoms with E-state index < -0.39 is 0 Å². The molecule has 0 saturated heterocycles. The summed E-state index contributed by atoms with van der Waals surface area (Å²) in [5, 5.41) is 12.7. The quantitative estimate of drug-likeness (QED) is 0.882. The highest BCUT2D eigenvalue weighted by molar-refractivity contribution is 9.10. The second-order valence-corrected chi connectivity index (χ2v) is 5.69. The predicted octanol–water partition coefficient (Wildman–Crippen LogP) is 4.41. The van der Waals surface area contributed by atoms with Gasteiger partial charge in [-0.2, -0.15) is 5.26 Å². The van der Waals surface area contributed by atoms with Gasteiger partial charge in [-0.3, -0.25) is 0 Å². The second-order valence-electron chi connectivity index (χ2n) is 4.77. The first-order valence-corrected chi connectivity index (χ1v) is 7.43. The highest BCUT2D eigenvalue weighted by atomic mass is 79.9. The Balaban J connectivity index is 1.97. The zero-order chi connectivity index (χ0) is 14.4. The van der Waals surface area contributed by atoms with Crippen LogP contribution in [-0.2, 0) is 0 Å². The molecule has 0 fully saturated rings. The molecule has 1 N–H and O–H groups in total. The first kappa shape index (κ1) is 14.8. The van der Waals surface area contributed by atoms with Crippen molar-refractivity contribution >= 4 is 15.9 Å². The molecular weight excluding hydrogens is 312 g/mol. The third kappa shape index (κ3) is 3.93. The Bertz CT molecular complexity index is 572. The van der Waals surface area contributed by atoms with Crippen molar-refractivity contribution in [2.75, 3.05) is 6.54 Å². The summed E-state index contributed by atoms with van der Waals surface area (Å²) < 4.78 is 1.08. The summed E-state index contributed by atoms with van der Waals surface area (Å²) in [5.41, 5.74) is 2.28. The number of hydrogen-bond acceptors (Lipinski definition) is 2. The van der Waals surface area contributed by atoms with E-state index in [1.807, 2.05) is 42.5 Å². The lowest BCUT2D eigenvalue weighted by Gasteiger charge is -2.17. The van der Waals surface area contributed by atoms with Crippen molar-refractivity contribution in [2.45, 2.75) is 18.9 Å². The molecule has 3 heteroatoms. The summed E-state index contributed by atoms with van der Waals surface area (Å²) in [4.78, 5) is 0. The van der Waals surface area contributed by atoms with Crippen molar-refractivity contribution in [1.82, 2.24) is 5.32 Å². The molecule has 0 aromatic heterocycles. The van der Waals surface area contributed by atoms with Gasteiger partial charge >= 0.3 is 0 Å². The summed E-state index contributed by atoms with van der Waals surface area (Å²) >= 11 is 3.44. The highest BCUT2D eigenvalue weighted by Gasteiger charge is 2.12. The monoisotopic (exact) mass is 328 g/mol. The lowest BCUT2D eigenvalue weighted by Crippen LogP contribution is -2.24. The van der Waals surface area contributed by atoms with Crippen molar-refractivity contribution in [3.63, 3.8) is 0 Å². The van der Waals surface area contributed by atoms with Crippen molar-refractivity contribution < 1.29 is 0 Å². The van der Waals surface area contributed by atoms with Crippen LogP contribution in [0.15, 0.2) is 59.1 Å². The first-order valence-electron chi connectivity index (χ1n) is 6.64. The number of nitriles is 1. The van der Waals surface area contributed by atoms with E-state index in [4.69, 9.17) is 0 Å². The summed E-state index contributed by atoms with van der Waals surface area (Å²) in [6.45, 7) is 2.76. The lowest BCUT2D eigenvalue weighted by atomic mass is 10.00. The normalized spacial score (nSPS) is 13.4. The van der Waals surface area contributed by atoms with Crippen LogP contribution in [0.4, 0.5) is 0 Å². The maximum Gasteiger partial charge on any atom is 0.0837 e. The zero-order valence-corrected chi connectivity index (χ0v) is 13.0. The molecule has 0 aliphatic heterocycles. The summed E-state index contributed by atoms with van der Waals surface area (Å²) in [7, 11) is 0. The van der Waals surface area contributed by atoms with E-state index in [-0.39, 0.29) is 12.0 Å². The third-order valence-electron chi connectivity index (χ3n) is 3.36. The fourth-order valence-corrected chi connectivity index (χ4v) is 2.35. The second kappa shape index (κ2) is 7.23. The minimum Gasteiger partial charge on any atom is -0.309 e. The molecule has 0 amide bonds. The van der Waals surface area contributed by atoms with Gasteiger partial charge in [0.05, 0.1) is 12.0 Å². The summed E-state index contributed by atoms with van der Waals surface area (Å²) in [6, 6.07) is 20.7. The van der Waals surface area contributed by atoms with Gasteiger partial charge in [0, 0.05) is 17.1 Å². The van der Waals surface area contributed by atoms with Crippen LogP contribution in [0.3, 0.4) is 0 Å². The van der Waals surface area contributed by atoms with Gasteiger partial charge in [-0.05, 0) is 30.2 Å². The van der Waals surface area contributed by atoms with Gasteiger partial charge in [0.1, 0.15) is 0 Å². The molecule has 0 spiro atoms. The number of halogens is 1. The maximum atomic E-state index is 9.30. The highest BCUT2D eigenvalue weighted by Crippen LogP contribution is 2.18. The number of rotatable bonds is 5. The minimum absolute atomic E-state index is 0.117. The van der Waals surface area contributed by atoms with Gasteiger partial charge in [0.2, 0.25) is 0 Å². The number of hydrogen-bond donors (Lipinski definition) is 1. The van der Waals surface area contributed by atoms with E-state index in [0.717, 1.165) is 10.0 Å². The van der Waals surface area contributed by atoms with Gasteiger partial charge in [-0.1, -0.05) is 58.4 Å². The van der Waals surface area contributed by atoms with Crippen molar-refractivity contribution in [1.29, 1.82) is 5.26 Å². The Kier molecular flexibility index (Phi) is 5.34. The summed E-state index contributed by atoms with van der Waals surface area (Å²) in [6.07, 6.45) is 0. The Hall–Kier alpha value is -1.63. The van der Waals surface area contributed by atoms with Crippen molar-refractivity contribution in [3.8, 4) is 6.07 Å². The standard InChI is InChI=1S/C17H17BrN2/c1-13(14-7-9-17(18)10-8-14)20-12-16(11-19)15-5-3-2-4-6-15/h2-10,13,16,20H,12H2,1H3/t13-,16?/m1/s1. The van der Waals surface area contributed by atoms with Gasteiger partial charge in [-0.15, -0.1) is 0 Å². The van der Waals surface area contributed by atoms with Crippen LogP contribution in [0.2, 0.25) is 0 Å². The van der Waals surface area contributed by atoms with Gasteiger partial charge in [0.25, 0.3) is 0 Å². The molecule has 0 saturated carbocycles. The predicted molar refractivity (Wildman–Crippen MR) is 85.4 cm³/mol. The van der Waals surface area contributed by atoms with E-state index in [2.05, 4.69) is 46.4 Å². The topological polar surface area (TPSA) is 35.8 Å². The smallest absolute Gasteiger partial charge is 0.0837 e. The van der Waals surface area contributed by atoms with Gasteiger partial charge in [-0.25, -0.2) is 0 Å². The van der Waals surface area contributed by atoms with Crippen LogP contribution in [0.25, 0.3) is 0 Å². The Morgan fingerprint density at radius 1 is 1.05 bits per heavy atom. The van der Waals surface area contributed by atoms with Crippen LogP contribution in [0.1, 0.15) is 30.0 Å². The Labute approximate surface area is 128 Å². The molecule has 1 unspecified atom stereocenters. The van der Waals surface area contributed by atoms with Crippen molar-refractivity contribution in [3.05, 3.63) is 70.2 Å². The van der Waals surface area contributed by atoms with E-state index >= 15 is 0 Å².